The number of piperazine rings is 1. The van der Waals surface area contributed by atoms with Crippen LogP contribution in [-0.4, -0.2) is 71.7 Å². The van der Waals surface area contributed by atoms with Crippen LogP contribution in [-0.2, 0) is 6.18 Å². The van der Waals surface area contributed by atoms with E-state index < -0.39 is 11.7 Å². The lowest BCUT2D eigenvalue weighted by Gasteiger charge is -2.37. The highest BCUT2D eigenvalue weighted by atomic mass is 19.4. The number of alkyl halides is 3. The maximum Gasteiger partial charge on any atom is 0.416 e. The summed E-state index contributed by atoms with van der Waals surface area (Å²) in [5.74, 6) is 1.74. The molecule has 10 heteroatoms. The van der Waals surface area contributed by atoms with Crippen LogP contribution in [0, 0.1) is 0 Å². The van der Waals surface area contributed by atoms with Crippen LogP contribution in [0.1, 0.15) is 12.5 Å². The monoisotopic (exact) mass is 406 g/mol. The van der Waals surface area contributed by atoms with Gasteiger partial charge in [-0.25, -0.2) is 9.79 Å². The van der Waals surface area contributed by atoms with E-state index in [1.165, 1.54) is 12.1 Å². The molecule has 29 heavy (non-hydrogen) atoms. The minimum atomic E-state index is -4.39. The minimum Gasteiger partial charge on any atom is -0.353 e. The first-order valence-electron chi connectivity index (χ1n) is 9.38. The lowest BCUT2D eigenvalue weighted by molar-refractivity contribution is -0.137. The minimum absolute atomic E-state index is 0.317. The van der Waals surface area contributed by atoms with Gasteiger partial charge in [-0.1, -0.05) is 0 Å². The molecule has 0 spiro atoms. The number of carbonyl (C=O) groups excluding carboxylic acids is 1. The summed E-state index contributed by atoms with van der Waals surface area (Å²) in [5.41, 5.74) is -0.413. The second-order valence-corrected chi connectivity index (χ2v) is 7.18. The van der Waals surface area contributed by atoms with Crippen LogP contribution >= 0.6 is 0 Å². The number of carbonyl (C=O) groups is 1. The molecule has 3 aliphatic heterocycles. The summed E-state index contributed by atoms with van der Waals surface area (Å²) in [5, 5.41) is 2.65. The van der Waals surface area contributed by atoms with Gasteiger partial charge in [-0.2, -0.15) is 13.2 Å². The Morgan fingerprint density at radius 3 is 2.48 bits per heavy atom. The quantitative estimate of drug-likeness (QED) is 0.822. The van der Waals surface area contributed by atoms with E-state index in [2.05, 4.69) is 27.1 Å². The first-order chi connectivity index (χ1) is 13.8. The summed E-state index contributed by atoms with van der Waals surface area (Å²) in [6.45, 7) is 5.06. The van der Waals surface area contributed by atoms with Crippen molar-refractivity contribution < 1.29 is 18.0 Å². The van der Waals surface area contributed by atoms with E-state index in [9.17, 15) is 18.0 Å². The predicted octanol–water partition coefficient (Wildman–Crippen LogP) is 2.84. The molecule has 0 aliphatic carbocycles. The standard InChI is InChI=1S/C19H21F3N6O/c1-13-11-23-17-10-16(24-12-28(13)17)26-6-8-27(9-7-26)18(29)25-15-4-2-14(3-5-15)19(20,21)22/h2-5,10,12-13H,6-9,11H2,1H3,(H,25,29). The number of rotatable bonds is 2. The SMILES string of the molecule is CC1CN=C2C=C(N3CCN(C(=O)Nc4ccc(C(F)(F)F)cc4)CC3)N=CN21. The Labute approximate surface area is 166 Å². The molecule has 1 saturated heterocycles. The van der Waals surface area contributed by atoms with Crippen LogP contribution in [0.2, 0.25) is 0 Å². The maximum atomic E-state index is 12.6. The highest BCUT2D eigenvalue weighted by Gasteiger charge is 2.30. The number of amides is 2. The van der Waals surface area contributed by atoms with Crippen molar-refractivity contribution in [2.45, 2.75) is 19.1 Å². The number of nitrogens with zero attached hydrogens (tertiary/aromatic N) is 5. The summed E-state index contributed by atoms with van der Waals surface area (Å²) in [7, 11) is 0. The second-order valence-electron chi connectivity index (χ2n) is 7.18. The van der Waals surface area contributed by atoms with Gasteiger partial charge in [0.2, 0.25) is 0 Å². The zero-order chi connectivity index (χ0) is 20.6. The Hall–Kier alpha value is -3.04. The summed E-state index contributed by atoms with van der Waals surface area (Å²) in [6, 6.07) is 4.41. The molecule has 4 rings (SSSR count). The highest BCUT2D eigenvalue weighted by Crippen LogP contribution is 2.30. The van der Waals surface area contributed by atoms with Gasteiger partial charge < -0.3 is 20.0 Å². The van der Waals surface area contributed by atoms with Gasteiger partial charge in [0.15, 0.2) is 0 Å². The molecule has 1 unspecified atom stereocenters. The number of aliphatic imine (C=N–C) groups is 2. The Morgan fingerprint density at radius 1 is 1.14 bits per heavy atom. The Balaban J connectivity index is 1.31. The third-order valence-electron chi connectivity index (χ3n) is 5.18. The number of halogens is 3. The van der Waals surface area contributed by atoms with Gasteiger partial charge in [-0.3, -0.25) is 4.99 Å². The lowest BCUT2D eigenvalue weighted by Crippen LogP contribution is -2.50. The van der Waals surface area contributed by atoms with E-state index in [0.29, 0.717) is 37.9 Å². The first kappa shape index (κ1) is 19.3. The summed E-state index contributed by atoms with van der Waals surface area (Å²) >= 11 is 0. The molecular formula is C19H21F3N6O. The lowest BCUT2D eigenvalue weighted by atomic mass is 10.2. The van der Waals surface area contributed by atoms with Crippen LogP contribution in [0.3, 0.4) is 0 Å². The molecule has 3 heterocycles. The van der Waals surface area contributed by atoms with E-state index >= 15 is 0 Å². The van der Waals surface area contributed by atoms with E-state index in [1.807, 2.05) is 11.0 Å². The number of amidine groups is 1. The van der Waals surface area contributed by atoms with Crippen molar-refractivity contribution in [3.8, 4) is 0 Å². The largest absolute Gasteiger partial charge is 0.416 e. The number of hydrogen-bond donors (Lipinski definition) is 1. The Morgan fingerprint density at radius 2 is 1.83 bits per heavy atom. The van der Waals surface area contributed by atoms with E-state index in [-0.39, 0.29) is 6.03 Å². The van der Waals surface area contributed by atoms with Gasteiger partial charge in [0.1, 0.15) is 11.7 Å². The summed E-state index contributed by atoms with van der Waals surface area (Å²) in [4.78, 5) is 27.2. The Kier molecular flexibility index (Phi) is 4.93. The van der Waals surface area contributed by atoms with Crippen molar-refractivity contribution in [1.82, 2.24) is 14.7 Å². The molecule has 1 aromatic rings. The number of anilines is 1. The van der Waals surface area contributed by atoms with Crippen molar-refractivity contribution in [2.24, 2.45) is 9.98 Å². The van der Waals surface area contributed by atoms with E-state index in [4.69, 9.17) is 0 Å². The topological polar surface area (TPSA) is 63.5 Å². The van der Waals surface area contributed by atoms with Crippen LogP contribution < -0.4 is 5.32 Å². The molecule has 0 radical (unpaired) electrons. The number of nitrogens with one attached hydrogen (secondary N) is 1. The highest BCUT2D eigenvalue weighted by molar-refractivity contribution is 6.03. The first-order valence-corrected chi connectivity index (χ1v) is 9.38. The van der Waals surface area contributed by atoms with Gasteiger partial charge in [-0.15, -0.1) is 0 Å². The van der Waals surface area contributed by atoms with Gasteiger partial charge in [0.05, 0.1) is 24.5 Å². The average molecular weight is 406 g/mol. The van der Waals surface area contributed by atoms with E-state index in [0.717, 1.165) is 30.3 Å². The van der Waals surface area contributed by atoms with Crippen LogP contribution in [0.5, 0.6) is 0 Å². The zero-order valence-corrected chi connectivity index (χ0v) is 15.9. The second kappa shape index (κ2) is 7.41. The molecule has 3 aliphatic rings. The van der Waals surface area contributed by atoms with E-state index in [1.54, 1.807) is 11.2 Å². The molecule has 154 valence electrons. The van der Waals surface area contributed by atoms with Crippen molar-refractivity contribution >= 4 is 23.9 Å². The number of fused-ring (bicyclic) bond motifs is 1. The molecule has 0 bridgehead atoms. The maximum absolute atomic E-state index is 12.6. The molecule has 1 aromatic carbocycles. The fraction of sp³-hybridized carbons (Fsp3) is 0.421. The Bertz CT molecular complexity index is 869. The van der Waals surface area contributed by atoms with Crippen molar-refractivity contribution in [1.29, 1.82) is 0 Å². The van der Waals surface area contributed by atoms with Gasteiger partial charge in [-0.05, 0) is 31.2 Å². The van der Waals surface area contributed by atoms with Crippen molar-refractivity contribution in [3.63, 3.8) is 0 Å². The normalized spacial score (nSPS) is 21.7. The molecule has 7 nitrogen and oxygen atoms in total. The third-order valence-corrected chi connectivity index (χ3v) is 5.18. The molecule has 1 fully saturated rings. The number of benzene rings is 1. The zero-order valence-electron chi connectivity index (χ0n) is 15.9. The summed E-state index contributed by atoms with van der Waals surface area (Å²) in [6.07, 6.45) is -0.634. The van der Waals surface area contributed by atoms with Gasteiger partial charge in [0, 0.05) is 37.9 Å². The molecule has 1 N–H and O–H groups in total. The fourth-order valence-electron chi connectivity index (χ4n) is 3.44. The molecule has 2 amide bonds. The summed E-state index contributed by atoms with van der Waals surface area (Å²) < 4.78 is 37.9. The third kappa shape index (κ3) is 4.06. The molecular weight excluding hydrogens is 385 g/mol. The fourth-order valence-corrected chi connectivity index (χ4v) is 3.44. The van der Waals surface area contributed by atoms with Gasteiger partial charge in [0.25, 0.3) is 0 Å². The van der Waals surface area contributed by atoms with Crippen molar-refractivity contribution in [2.75, 3.05) is 38.0 Å². The van der Waals surface area contributed by atoms with Crippen LogP contribution in [0.15, 0.2) is 46.1 Å². The average Bonchev–Trinajstić information content (AvgIpc) is 3.08. The molecule has 0 saturated carbocycles. The molecule has 0 aromatic heterocycles. The van der Waals surface area contributed by atoms with Crippen molar-refractivity contribution in [3.05, 3.63) is 41.7 Å². The predicted molar refractivity (Wildman–Crippen MR) is 104 cm³/mol. The molecule has 1 atom stereocenters. The van der Waals surface area contributed by atoms with Gasteiger partial charge >= 0.3 is 12.2 Å². The number of urea groups is 1. The van der Waals surface area contributed by atoms with Crippen LogP contribution in [0.4, 0.5) is 23.7 Å². The number of hydrogen-bond acceptors (Lipinski definition) is 5. The van der Waals surface area contributed by atoms with Crippen LogP contribution in [0.25, 0.3) is 0 Å². The smallest absolute Gasteiger partial charge is 0.353 e.